The van der Waals surface area contributed by atoms with E-state index in [4.69, 9.17) is 10.5 Å². The molecule has 3 rings (SSSR count). The van der Waals surface area contributed by atoms with Crippen LogP contribution in [-0.2, 0) is 19.6 Å². The van der Waals surface area contributed by atoms with Gasteiger partial charge in [-0.3, -0.25) is 9.59 Å². The van der Waals surface area contributed by atoms with Crippen molar-refractivity contribution in [2.75, 3.05) is 18.4 Å². The molecule has 9 nitrogen and oxygen atoms in total. The maximum absolute atomic E-state index is 12.5. The van der Waals surface area contributed by atoms with Crippen molar-refractivity contribution in [2.45, 2.75) is 30.8 Å². The summed E-state index contributed by atoms with van der Waals surface area (Å²) in [7, 11) is -3.57. The zero-order valence-electron chi connectivity index (χ0n) is 16.9. The molecule has 1 fully saturated rings. The standard InChI is InChI=1S/C21H23N3O6S/c1-14(20(26)23-17-8-4-15(5-9-17)19(22)25)30-21(27)16-6-10-18(11-7-16)31(28,29)24-12-2-3-13-24/h4-11,14H,2-3,12-13H2,1H3,(H2,22,25)(H,23,26). The number of hydrogen-bond donors (Lipinski definition) is 2. The molecule has 0 saturated carbocycles. The molecule has 164 valence electrons. The molecule has 1 aliphatic rings. The molecular weight excluding hydrogens is 422 g/mol. The molecular formula is C21H23N3O6S. The summed E-state index contributed by atoms with van der Waals surface area (Å²) in [6.45, 7) is 2.39. The normalized spacial score (nSPS) is 15.3. The summed E-state index contributed by atoms with van der Waals surface area (Å²) in [6, 6.07) is 11.4. The van der Waals surface area contributed by atoms with Crippen LogP contribution >= 0.6 is 0 Å². The number of nitrogens with two attached hydrogens (primary N) is 1. The summed E-state index contributed by atoms with van der Waals surface area (Å²) < 4.78 is 31.7. The van der Waals surface area contributed by atoms with Crippen LogP contribution in [0.3, 0.4) is 0 Å². The molecule has 1 unspecified atom stereocenters. The molecule has 2 aromatic rings. The van der Waals surface area contributed by atoms with Gasteiger partial charge in [0, 0.05) is 24.3 Å². The first-order chi connectivity index (χ1) is 14.7. The molecule has 31 heavy (non-hydrogen) atoms. The minimum Gasteiger partial charge on any atom is -0.449 e. The van der Waals surface area contributed by atoms with Crippen molar-refractivity contribution in [3.63, 3.8) is 0 Å². The fraction of sp³-hybridized carbons (Fsp3) is 0.286. The van der Waals surface area contributed by atoms with E-state index >= 15 is 0 Å². The fourth-order valence-electron chi connectivity index (χ4n) is 3.08. The van der Waals surface area contributed by atoms with E-state index in [0.717, 1.165) is 12.8 Å². The minimum atomic E-state index is -3.57. The average molecular weight is 445 g/mol. The third-order valence-electron chi connectivity index (χ3n) is 4.88. The lowest BCUT2D eigenvalue weighted by Crippen LogP contribution is -2.30. The molecule has 2 amide bonds. The highest BCUT2D eigenvalue weighted by molar-refractivity contribution is 7.89. The van der Waals surface area contributed by atoms with Crippen molar-refractivity contribution < 1.29 is 27.5 Å². The Bertz CT molecular complexity index is 1080. The molecule has 0 bridgehead atoms. The SMILES string of the molecule is CC(OC(=O)c1ccc(S(=O)(=O)N2CCCC2)cc1)C(=O)Nc1ccc(C(N)=O)cc1. The Morgan fingerprint density at radius 1 is 0.968 bits per heavy atom. The van der Waals surface area contributed by atoms with Crippen LogP contribution in [0, 0.1) is 0 Å². The highest BCUT2D eigenvalue weighted by Gasteiger charge is 2.27. The predicted octanol–water partition coefficient (Wildman–Crippen LogP) is 1.75. The molecule has 3 N–H and O–H groups in total. The van der Waals surface area contributed by atoms with Gasteiger partial charge in [-0.05, 0) is 68.3 Å². The molecule has 10 heteroatoms. The monoisotopic (exact) mass is 445 g/mol. The summed E-state index contributed by atoms with van der Waals surface area (Å²) in [6.07, 6.45) is 0.564. The van der Waals surface area contributed by atoms with Crippen molar-refractivity contribution in [3.05, 3.63) is 59.7 Å². The molecule has 0 aliphatic carbocycles. The van der Waals surface area contributed by atoms with E-state index in [9.17, 15) is 22.8 Å². The number of hydrogen-bond acceptors (Lipinski definition) is 6. The van der Waals surface area contributed by atoms with Crippen molar-refractivity contribution in [1.82, 2.24) is 4.31 Å². The molecule has 0 radical (unpaired) electrons. The fourth-order valence-corrected chi connectivity index (χ4v) is 4.60. The quantitative estimate of drug-likeness (QED) is 0.623. The number of nitrogens with zero attached hydrogens (tertiary/aromatic N) is 1. The summed E-state index contributed by atoms with van der Waals surface area (Å²) >= 11 is 0. The third kappa shape index (κ3) is 5.28. The summed E-state index contributed by atoms with van der Waals surface area (Å²) in [5.74, 6) is -1.90. The van der Waals surface area contributed by atoms with Crippen LogP contribution in [0.1, 0.15) is 40.5 Å². The van der Waals surface area contributed by atoms with E-state index in [-0.39, 0.29) is 10.5 Å². The van der Waals surface area contributed by atoms with Crippen LogP contribution in [0.25, 0.3) is 0 Å². The molecule has 1 atom stereocenters. The Kier molecular flexibility index (Phi) is 6.71. The van der Waals surface area contributed by atoms with Crippen LogP contribution < -0.4 is 11.1 Å². The second-order valence-corrected chi connectivity index (χ2v) is 9.05. The zero-order chi connectivity index (χ0) is 22.6. The predicted molar refractivity (Wildman–Crippen MR) is 113 cm³/mol. The number of carbonyl (C=O) groups is 3. The van der Waals surface area contributed by atoms with Crippen LogP contribution in [0.4, 0.5) is 5.69 Å². The second kappa shape index (κ2) is 9.27. The molecule has 1 aliphatic heterocycles. The molecule has 0 spiro atoms. The number of benzene rings is 2. The maximum Gasteiger partial charge on any atom is 0.338 e. The number of esters is 1. The van der Waals surface area contributed by atoms with Gasteiger partial charge in [0.1, 0.15) is 0 Å². The summed E-state index contributed by atoms with van der Waals surface area (Å²) in [5.41, 5.74) is 6.01. The Morgan fingerprint density at radius 3 is 2.06 bits per heavy atom. The first kappa shape index (κ1) is 22.4. The summed E-state index contributed by atoms with van der Waals surface area (Å²) in [5, 5.41) is 2.57. The average Bonchev–Trinajstić information content (AvgIpc) is 3.30. The lowest BCUT2D eigenvalue weighted by atomic mass is 10.2. The van der Waals surface area contributed by atoms with E-state index in [1.165, 1.54) is 59.8 Å². The number of primary amides is 1. The first-order valence-electron chi connectivity index (χ1n) is 9.70. The maximum atomic E-state index is 12.5. The van der Waals surface area contributed by atoms with Crippen LogP contribution in [0.5, 0.6) is 0 Å². The Balaban J connectivity index is 1.59. The highest BCUT2D eigenvalue weighted by Crippen LogP contribution is 2.21. The van der Waals surface area contributed by atoms with E-state index in [1.54, 1.807) is 0 Å². The second-order valence-electron chi connectivity index (χ2n) is 7.11. The van der Waals surface area contributed by atoms with Crippen molar-refractivity contribution in [1.29, 1.82) is 0 Å². The number of sulfonamides is 1. The van der Waals surface area contributed by atoms with Crippen LogP contribution in [0.15, 0.2) is 53.4 Å². The number of nitrogens with one attached hydrogen (secondary N) is 1. The van der Waals surface area contributed by atoms with Gasteiger partial charge in [-0.25, -0.2) is 13.2 Å². The number of anilines is 1. The molecule has 2 aromatic carbocycles. The van der Waals surface area contributed by atoms with Gasteiger partial charge in [-0.1, -0.05) is 0 Å². The summed E-state index contributed by atoms with van der Waals surface area (Å²) in [4.78, 5) is 35.8. The van der Waals surface area contributed by atoms with Gasteiger partial charge in [0.15, 0.2) is 6.10 Å². The van der Waals surface area contributed by atoms with Gasteiger partial charge < -0.3 is 15.8 Å². The molecule has 0 aromatic heterocycles. The van der Waals surface area contributed by atoms with Crippen LogP contribution in [0.2, 0.25) is 0 Å². The van der Waals surface area contributed by atoms with Gasteiger partial charge in [-0.2, -0.15) is 4.31 Å². The topological polar surface area (TPSA) is 136 Å². The van der Waals surface area contributed by atoms with Gasteiger partial charge >= 0.3 is 5.97 Å². The number of ether oxygens (including phenoxy) is 1. The van der Waals surface area contributed by atoms with Gasteiger partial charge in [0.25, 0.3) is 5.91 Å². The largest absolute Gasteiger partial charge is 0.449 e. The van der Waals surface area contributed by atoms with E-state index in [1.807, 2.05) is 0 Å². The number of amides is 2. The Morgan fingerprint density at radius 2 is 1.52 bits per heavy atom. The number of rotatable bonds is 7. The minimum absolute atomic E-state index is 0.108. The zero-order valence-corrected chi connectivity index (χ0v) is 17.7. The Labute approximate surface area is 180 Å². The third-order valence-corrected chi connectivity index (χ3v) is 6.80. The van der Waals surface area contributed by atoms with Gasteiger partial charge in [0.2, 0.25) is 15.9 Å². The highest BCUT2D eigenvalue weighted by atomic mass is 32.2. The molecule has 1 saturated heterocycles. The van der Waals surface area contributed by atoms with Gasteiger partial charge in [-0.15, -0.1) is 0 Å². The van der Waals surface area contributed by atoms with E-state index in [0.29, 0.717) is 24.3 Å². The van der Waals surface area contributed by atoms with E-state index in [2.05, 4.69) is 5.32 Å². The lowest BCUT2D eigenvalue weighted by molar-refractivity contribution is -0.123. The van der Waals surface area contributed by atoms with Crippen molar-refractivity contribution in [3.8, 4) is 0 Å². The molecule has 1 heterocycles. The lowest BCUT2D eigenvalue weighted by Gasteiger charge is -2.16. The smallest absolute Gasteiger partial charge is 0.338 e. The van der Waals surface area contributed by atoms with Crippen molar-refractivity contribution >= 4 is 33.5 Å². The first-order valence-corrected chi connectivity index (χ1v) is 11.1. The van der Waals surface area contributed by atoms with Crippen LogP contribution in [-0.4, -0.2) is 49.7 Å². The van der Waals surface area contributed by atoms with E-state index < -0.39 is 33.9 Å². The number of carbonyl (C=O) groups excluding carboxylic acids is 3. The van der Waals surface area contributed by atoms with Crippen molar-refractivity contribution in [2.24, 2.45) is 5.73 Å². The Hall–Kier alpha value is -3.24. The van der Waals surface area contributed by atoms with Gasteiger partial charge in [0.05, 0.1) is 10.5 Å².